The van der Waals surface area contributed by atoms with Crippen LogP contribution in [0.15, 0.2) is 18.2 Å². The number of carbonyl (C=O) groups excluding carboxylic acids is 1. The lowest BCUT2D eigenvalue weighted by atomic mass is 9.83. The molecular weight excluding hydrogens is 219 g/mol. The monoisotopic (exact) mass is 236 g/mol. The maximum atomic E-state index is 13.5. The van der Waals surface area contributed by atoms with E-state index in [0.717, 1.165) is 12.0 Å². The Kier molecular flexibility index (Phi) is 3.77. The van der Waals surface area contributed by atoms with E-state index in [0.29, 0.717) is 12.5 Å². The summed E-state index contributed by atoms with van der Waals surface area (Å²) in [5.74, 6) is -0.355. The van der Waals surface area contributed by atoms with E-state index in [-0.39, 0.29) is 5.56 Å². The molecule has 0 aromatic heterocycles. The number of hydrogen-bond donors (Lipinski definition) is 0. The average Bonchev–Trinajstić information content (AvgIpc) is 2.21. The standard InChI is InChI=1S/C14H17FO2/c1-10-5-6-12(13(15)9-10)14(16)17-8-7-11-3-2-4-11/h5-6,9,11H,2-4,7-8H2,1H3. The Morgan fingerprint density at radius 2 is 2.24 bits per heavy atom. The van der Waals surface area contributed by atoms with Crippen LogP contribution in [0.25, 0.3) is 0 Å². The van der Waals surface area contributed by atoms with Gasteiger partial charge in [-0.1, -0.05) is 25.3 Å². The van der Waals surface area contributed by atoms with Crippen LogP contribution in [0.2, 0.25) is 0 Å². The fourth-order valence-electron chi connectivity index (χ4n) is 1.96. The highest BCUT2D eigenvalue weighted by Gasteiger charge is 2.18. The molecule has 2 rings (SSSR count). The second-order valence-corrected chi connectivity index (χ2v) is 4.70. The molecule has 1 fully saturated rings. The lowest BCUT2D eigenvalue weighted by Gasteiger charge is -2.24. The lowest BCUT2D eigenvalue weighted by Crippen LogP contribution is -2.16. The number of aryl methyl sites for hydroxylation is 1. The molecule has 1 aliphatic carbocycles. The van der Waals surface area contributed by atoms with Crippen molar-refractivity contribution in [3.05, 3.63) is 35.1 Å². The van der Waals surface area contributed by atoms with Crippen molar-refractivity contribution >= 4 is 5.97 Å². The maximum absolute atomic E-state index is 13.5. The Morgan fingerprint density at radius 1 is 1.47 bits per heavy atom. The van der Waals surface area contributed by atoms with Crippen LogP contribution >= 0.6 is 0 Å². The molecule has 0 bridgehead atoms. The first-order valence-electron chi connectivity index (χ1n) is 6.10. The first kappa shape index (κ1) is 12.1. The highest BCUT2D eigenvalue weighted by Crippen LogP contribution is 2.29. The Labute approximate surface area is 101 Å². The zero-order valence-electron chi connectivity index (χ0n) is 10.0. The molecule has 17 heavy (non-hydrogen) atoms. The van der Waals surface area contributed by atoms with Gasteiger partial charge >= 0.3 is 5.97 Å². The number of carbonyl (C=O) groups is 1. The third-order valence-electron chi connectivity index (χ3n) is 3.33. The molecule has 2 nitrogen and oxygen atoms in total. The van der Waals surface area contributed by atoms with Crippen LogP contribution in [-0.4, -0.2) is 12.6 Å². The number of ether oxygens (including phenoxy) is 1. The third kappa shape index (κ3) is 3.05. The van der Waals surface area contributed by atoms with E-state index in [1.165, 1.54) is 31.4 Å². The molecular formula is C14H17FO2. The van der Waals surface area contributed by atoms with Gasteiger partial charge in [-0.3, -0.25) is 0 Å². The van der Waals surface area contributed by atoms with Crippen LogP contribution < -0.4 is 0 Å². The predicted octanol–water partition coefficient (Wildman–Crippen LogP) is 3.48. The van der Waals surface area contributed by atoms with Crippen molar-refractivity contribution in [3.8, 4) is 0 Å². The van der Waals surface area contributed by atoms with Crippen molar-refractivity contribution in [2.24, 2.45) is 5.92 Å². The summed E-state index contributed by atoms with van der Waals surface area (Å²) < 4.78 is 18.5. The van der Waals surface area contributed by atoms with E-state index < -0.39 is 11.8 Å². The summed E-state index contributed by atoms with van der Waals surface area (Å²) in [6.45, 7) is 2.19. The van der Waals surface area contributed by atoms with E-state index in [9.17, 15) is 9.18 Å². The zero-order chi connectivity index (χ0) is 12.3. The topological polar surface area (TPSA) is 26.3 Å². The molecule has 1 saturated carbocycles. The first-order chi connectivity index (χ1) is 8.16. The molecule has 3 heteroatoms. The van der Waals surface area contributed by atoms with Crippen LogP contribution in [0.1, 0.15) is 41.6 Å². The minimum absolute atomic E-state index is 0.0317. The minimum atomic E-state index is -0.554. The van der Waals surface area contributed by atoms with Gasteiger partial charge in [0.05, 0.1) is 12.2 Å². The van der Waals surface area contributed by atoms with E-state index in [2.05, 4.69) is 0 Å². The van der Waals surface area contributed by atoms with Gasteiger partial charge in [0.25, 0.3) is 0 Å². The van der Waals surface area contributed by atoms with Gasteiger partial charge in [0, 0.05) is 0 Å². The van der Waals surface area contributed by atoms with E-state index >= 15 is 0 Å². The molecule has 92 valence electrons. The average molecular weight is 236 g/mol. The van der Waals surface area contributed by atoms with Gasteiger partial charge in [0.2, 0.25) is 0 Å². The molecule has 0 N–H and O–H groups in total. The van der Waals surface area contributed by atoms with Crippen LogP contribution in [0, 0.1) is 18.7 Å². The molecule has 1 aromatic rings. The molecule has 0 amide bonds. The largest absolute Gasteiger partial charge is 0.462 e. The lowest BCUT2D eigenvalue weighted by molar-refractivity contribution is 0.0459. The van der Waals surface area contributed by atoms with Gasteiger partial charge in [-0.25, -0.2) is 9.18 Å². The highest BCUT2D eigenvalue weighted by atomic mass is 19.1. The van der Waals surface area contributed by atoms with E-state index in [4.69, 9.17) is 4.74 Å². The predicted molar refractivity (Wildman–Crippen MR) is 63.4 cm³/mol. The van der Waals surface area contributed by atoms with Crippen LogP contribution in [0.4, 0.5) is 4.39 Å². The molecule has 0 unspecified atom stereocenters. The van der Waals surface area contributed by atoms with Crippen molar-refractivity contribution in [2.75, 3.05) is 6.61 Å². The Bertz CT molecular complexity index is 411. The zero-order valence-corrected chi connectivity index (χ0v) is 10.0. The molecule has 0 spiro atoms. The van der Waals surface area contributed by atoms with Crippen molar-refractivity contribution in [1.82, 2.24) is 0 Å². The first-order valence-corrected chi connectivity index (χ1v) is 6.10. The molecule has 0 atom stereocenters. The Balaban J connectivity index is 1.85. The molecule has 0 radical (unpaired) electrons. The molecule has 1 aromatic carbocycles. The minimum Gasteiger partial charge on any atom is -0.462 e. The van der Waals surface area contributed by atoms with Gasteiger partial charge in [-0.2, -0.15) is 0 Å². The van der Waals surface area contributed by atoms with Crippen LogP contribution in [0.3, 0.4) is 0 Å². The number of rotatable bonds is 4. The third-order valence-corrected chi connectivity index (χ3v) is 3.33. The van der Waals surface area contributed by atoms with Crippen LogP contribution in [0.5, 0.6) is 0 Å². The highest BCUT2D eigenvalue weighted by molar-refractivity contribution is 5.89. The normalized spacial score (nSPS) is 15.4. The van der Waals surface area contributed by atoms with Gasteiger partial charge in [0.15, 0.2) is 0 Å². The van der Waals surface area contributed by atoms with E-state index in [1.807, 2.05) is 0 Å². The summed E-state index contributed by atoms with van der Waals surface area (Å²) in [6, 6.07) is 4.55. The van der Waals surface area contributed by atoms with Gasteiger partial charge < -0.3 is 4.74 Å². The van der Waals surface area contributed by atoms with Crippen molar-refractivity contribution in [1.29, 1.82) is 0 Å². The smallest absolute Gasteiger partial charge is 0.341 e. The van der Waals surface area contributed by atoms with Gasteiger partial charge in [-0.15, -0.1) is 0 Å². The maximum Gasteiger partial charge on any atom is 0.341 e. The number of halogens is 1. The summed E-state index contributed by atoms with van der Waals surface area (Å²) in [7, 11) is 0. The molecule has 0 aliphatic heterocycles. The summed E-state index contributed by atoms with van der Waals surface area (Å²) in [4.78, 5) is 11.6. The second kappa shape index (κ2) is 5.30. The summed E-state index contributed by atoms with van der Waals surface area (Å²) >= 11 is 0. The van der Waals surface area contributed by atoms with Gasteiger partial charge in [-0.05, 0) is 37.0 Å². The fraction of sp³-hybridized carbons (Fsp3) is 0.500. The summed E-state index contributed by atoms with van der Waals surface area (Å²) in [6.07, 6.45) is 4.65. The Hall–Kier alpha value is -1.38. The Morgan fingerprint density at radius 3 is 2.82 bits per heavy atom. The molecule has 0 heterocycles. The molecule has 0 saturated heterocycles. The quantitative estimate of drug-likeness (QED) is 0.748. The molecule has 1 aliphatic rings. The SMILES string of the molecule is Cc1ccc(C(=O)OCCC2CCC2)c(F)c1. The number of hydrogen-bond acceptors (Lipinski definition) is 2. The number of benzene rings is 1. The second-order valence-electron chi connectivity index (χ2n) is 4.70. The van der Waals surface area contributed by atoms with Crippen molar-refractivity contribution < 1.29 is 13.9 Å². The van der Waals surface area contributed by atoms with Crippen molar-refractivity contribution in [3.63, 3.8) is 0 Å². The summed E-state index contributed by atoms with van der Waals surface area (Å²) in [5, 5.41) is 0. The summed E-state index contributed by atoms with van der Waals surface area (Å²) in [5.41, 5.74) is 0.831. The number of esters is 1. The van der Waals surface area contributed by atoms with Crippen LogP contribution in [-0.2, 0) is 4.74 Å². The van der Waals surface area contributed by atoms with Gasteiger partial charge in [0.1, 0.15) is 5.82 Å². The van der Waals surface area contributed by atoms with Crippen molar-refractivity contribution in [2.45, 2.75) is 32.6 Å². The van der Waals surface area contributed by atoms with E-state index in [1.54, 1.807) is 13.0 Å². The fourth-order valence-corrected chi connectivity index (χ4v) is 1.96.